The van der Waals surface area contributed by atoms with E-state index in [1.165, 1.54) is 6.07 Å². The van der Waals surface area contributed by atoms with Crippen LogP contribution in [-0.4, -0.2) is 31.3 Å². The van der Waals surface area contributed by atoms with E-state index in [-0.39, 0.29) is 11.8 Å². The van der Waals surface area contributed by atoms with E-state index in [0.717, 1.165) is 24.8 Å². The van der Waals surface area contributed by atoms with Crippen molar-refractivity contribution in [1.82, 2.24) is 5.32 Å². The standard InChI is InChI=1S/C14H20N2O4/c1-19-13-7-6-11(16(17)18)8-10(13)9-15-12-4-3-5-14(12)20-2/h6-8,12,14-15H,3-5,9H2,1-2H3. The number of benzene rings is 1. The van der Waals surface area contributed by atoms with Gasteiger partial charge in [0.1, 0.15) is 5.75 Å². The van der Waals surface area contributed by atoms with Crippen molar-refractivity contribution in [3.63, 3.8) is 0 Å². The number of nitrogens with zero attached hydrogens (tertiary/aromatic N) is 1. The van der Waals surface area contributed by atoms with E-state index in [1.807, 2.05) is 0 Å². The Bertz CT molecular complexity index is 478. The molecule has 0 radical (unpaired) electrons. The van der Waals surface area contributed by atoms with Crippen LogP contribution in [0.3, 0.4) is 0 Å². The number of hydrogen-bond acceptors (Lipinski definition) is 5. The molecule has 6 nitrogen and oxygen atoms in total. The van der Waals surface area contributed by atoms with E-state index in [1.54, 1.807) is 26.4 Å². The number of non-ortho nitro benzene ring substituents is 1. The van der Waals surface area contributed by atoms with Gasteiger partial charge in [-0.25, -0.2) is 0 Å². The molecule has 1 N–H and O–H groups in total. The Labute approximate surface area is 118 Å². The van der Waals surface area contributed by atoms with Gasteiger partial charge in [0.05, 0.1) is 18.1 Å². The van der Waals surface area contributed by atoms with Crippen LogP contribution in [0, 0.1) is 10.1 Å². The summed E-state index contributed by atoms with van der Waals surface area (Å²) in [7, 11) is 3.29. The van der Waals surface area contributed by atoms with Crippen LogP contribution < -0.4 is 10.1 Å². The summed E-state index contributed by atoms with van der Waals surface area (Å²) in [5, 5.41) is 14.2. The molecule has 110 valence electrons. The first kappa shape index (κ1) is 14.7. The highest BCUT2D eigenvalue weighted by Gasteiger charge is 2.26. The molecule has 2 unspecified atom stereocenters. The molecule has 1 aromatic rings. The van der Waals surface area contributed by atoms with E-state index in [0.29, 0.717) is 18.3 Å². The van der Waals surface area contributed by atoms with Crippen LogP contribution in [0.2, 0.25) is 0 Å². The quantitative estimate of drug-likeness (QED) is 0.639. The first-order valence-corrected chi connectivity index (χ1v) is 6.73. The zero-order chi connectivity index (χ0) is 14.5. The monoisotopic (exact) mass is 280 g/mol. The summed E-state index contributed by atoms with van der Waals surface area (Å²) >= 11 is 0. The van der Waals surface area contributed by atoms with E-state index < -0.39 is 4.92 Å². The summed E-state index contributed by atoms with van der Waals surface area (Å²) in [6, 6.07) is 4.94. The molecule has 1 aliphatic carbocycles. The van der Waals surface area contributed by atoms with Gasteiger partial charge in [-0.05, 0) is 25.3 Å². The first-order valence-electron chi connectivity index (χ1n) is 6.73. The molecule has 1 aromatic carbocycles. The van der Waals surface area contributed by atoms with Crippen molar-refractivity contribution < 1.29 is 14.4 Å². The van der Waals surface area contributed by atoms with E-state index in [2.05, 4.69) is 5.32 Å². The van der Waals surface area contributed by atoms with Crippen LogP contribution in [0.5, 0.6) is 5.75 Å². The minimum atomic E-state index is -0.392. The lowest BCUT2D eigenvalue weighted by atomic mass is 10.1. The van der Waals surface area contributed by atoms with Crippen molar-refractivity contribution in [3.8, 4) is 5.75 Å². The Morgan fingerprint density at radius 2 is 2.20 bits per heavy atom. The molecule has 0 heterocycles. The maximum atomic E-state index is 10.8. The predicted octanol–water partition coefficient (Wildman–Crippen LogP) is 2.26. The summed E-state index contributed by atoms with van der Waals surface area (Å²) < 4.78 is 10.7. The molecule has 1 aliphatic rings. The fourth-order valence-electron chi connectivity index (χ4n) is 2.70. The largest absolute Gasteiger partial charge is 0.496 e. The second-order valence-electron chi connectivity index (χ2n) is 4.95. The molecule has 1 fully saturated rings. The summed E-state index contributed by atoms with van der Waals surface area (Å²) in [5.41, 5.74) is 0.876. The lowest BCUT2D eigenvalue weighted by Crippen LogP contribution is -2.36. The number of rotatable bonds is 6. The van der Waals surface area contributed by atoms with Crippen LogP contribution in [0.25, 0.3) is 0 Å². The SMILES string of the molecule is COc1ccc([N+](=O)[O-])cc1CNC1CCCC1OC. The minimum Gasteiger partial charge on any atom is -0.496 e. The smallest absolute Gasteiger partial charge is 0.270 e. The van der Waals surface area contributed by atoms with Gasteiger partial charge in [0, 0.05) is 37.4 Å². The molecule has 0 spiro atoms. The summed E-state index contributed by atoms with van der Waals surface area (Å²) in [5.74, 6) is 0.662. The highest BCUT2D eigenvalue weighted by Crippen LogP contribution is 2.26. The number of ether oxygens (including phenoxy) is 2. The Morgan fingerprint density at radius 1 is 1.40 bits per heavy atom. The zero-order valence-electron chi connectivity index (χ0n) is 11.8. The third-order valence-electron chi connectivity index (χ3n) is 3.78. The Balaban J connectivity index is 2.07. The molecular weight excluding hydrogens is 260 g/mol. The van der Waals surface area contributed by atoms with Crippen molar-refractivity contribution in [2.24, 2.45) is 0 Å². The summed E-state index contributed by atoms with van der Waals surface area (Å²) in [6.45, 7) is 0.537. The molecule has 1 saturated carbocycles. The minimum absolute atomic E-state index is 0.0808. The Morgan fingerprint density at radius 3 is 2.85 bits per heavy atom. The summed E-state index contributed by atoms with van der Waals surface area (Å²) in [6.07, 6.45) is 3.48. The van der Waals surface area contributed by atoms with Gasteiger partial charge in [0.2, 0.25) is 0 Å². The van der Waals surface area contributed by atoms with E-state index in [9.17, 15) is 10.1 Å². The van der Waals surface area contributed by atoms with Gasteiger partial charge in [-0.2, -0.15) is 0 Å². The second kappa shape index (κ2) is 6.67. The third kappa shape index (κ3) is 3.26. The molecule has 6 heteroatoms. The molecular formula is C14H20N2O4. The number of nitrogens with one attached hydrogen (secondary N) is 1. The normalized spacial score (nSPS) is 21.9. The number of hydrogen-bond donors (Lipinski definition) is 1. The zero-order valence-corrected chi connectivity index (χ0v) is 11.8. The molecule has 0 amide bonds. The topological polar surface area (TPSA) is 73.6 Å². The Hall–Kier alpha value is -1.66. The lowest BCUT2D eigenvalue weighted by molar-refractivity contribution is -0.384. The molecule has 2 rings (SSSR count). The van der Waals surface area contributed by atoms with Crippen molar-refractivity contribution >= 4 is 5.69 Å². The predicted molar refractivity (Wildman–Crippen MR) is 74.9 cm³/mol. The van der Waals surface area contributed by atoms with Crippen LogP contribution in [0.1, 0.15) is 24.8 Å². The van der Waals surface area contributed by atoms with Gasteiger partial charge in [-0.1, -0.05) is 0 Å². The number of nitro groups is 1. The van der Waals surface area contributed by atoms with Gasteiger partial charge < -0.3 is 14.8 Å². The van der Waals surface area contributed by atoms with Gasteiger partial charge >= 0.3 is 0 Å². The average molecular weight is 280 g/mol. The van der Waals surface area contributed by atoms with E-state index in [4.69, 9.17) is 9.47 Å². The van der Waals surface area contributed by atoms with Crippen LogP contribution >= 0.6 is 0 Å². The van der Waals surface area contributed by atoms with E-state index >= 15 is 0 Å². The van der Waals surface area contributed by atoms with Crippen LogP contribution in [0.4, 0.5) is 5.69 Å². The molecule has 2 atom stereocenters. The van der Waals surface area contributed by atoms with Crippen LogP contribution in [-0.2, 0) is 11.3 Å². The highest BCUT2D eigenvalue weighted by molar-refractivity contribution is 5.43. The van der Waals surface area contributed by atoms with Gasteiger partial charge in [-0.15, -0.1) is 0 Å². The van der Waals surface area contributed by atoms with Crippen molar-refractivity contribution in [2.45, 2.75) is 38.0 Å². The van der Waals surface area contributed by atoms with Crippen LogP contribution in [0.15, 0.2) is 18.2 Å². The fraction of sp³-hybridized carbons (Fsp3) is 0.571. The average Bonchev–Trinajstić information content (AvgIpc) is 2.92. The molecule has 0 aliphatic heterocycles. The first-order chi connectivity index (χ1) is 9.65. The molecule has 20 heavy (non-hydrogen) atoms. The Kier molecular flexibility index (Phi) is 4.92. The third-order valence-corrected chi connectivity index (χ3v) is 3.78. The van der Waals surface area contributed by atoms with Crippen molar-refractivity contribution in [3.05, 3.63) is 33.9 Å². The molecule has 0 saturated heterocycles. The van der Waals surface area contributed by atoms with Gasteiger partial charge in [-0.3, -0.25) is 10.1 Å². The number of methoxy groups -OCH3 is 2. The maximum Gasteiger partial charge on any atom is 0.270 e. The van der Waals surface area contributed by atoms with Gasteiger partial charge in [0.15, 0.2) is 0 Å². The number of nitro benzene ring substituents is 1. The van der Waals surface area contributed by atoms with Crippen molar-refractivity contribution in [1.29, 1.82) is 0 Å². The fourth-order valence-corrected chi connectivity index (χ4v) is 2.70. The maximum absolute atomic E-state index is 10.8. The highest BCUT2D eigenvalue weighted by atomic mass is 16.6. The second-order valence-corrected chi connectivity index (χ2v) is 4.95. The van der Waals surface area contributed by atoms with Gasteiger partial charge in [0.25, 0.3) is 5.69 Å². The lowest BCUT2D eigenvalue weighted by Gasteiger charge is -2.20. The summed E-state index contributed by atoms with van der Waals surface area (Å²) in [4.78, 5) is 10.4. The van der Waals surface area contributed by atoms with Crippen molar-refractivity contribution in [2.75, 3.05) is 14.2 Å². The molecule has 0 bridgehead atoms. The molecule has 0 aromatic heterocycles.